The van der Waals surface area contributed by atoms with Crippen molar-refractivity contribution in [2.75, 3.05) is 20.1 Å². The number of rotatable bonds is 4. The molecule has 1 amide bonds. The molecule has 7 heteroatoms. The van der Waals surface area contributed by atoms with Gasteiger partial charge >= 0.3 is 5.97 Å². The molecule has 20 heavy (non-hydrogen) atoms. The number of nitrogens with zero attached hydrogens (tertiary/aromatic N) is 3. The highest BCUT2D eigenvalue weighted by Gasteiger charge is 2.21. The third kappa shape index (κ3) is 3.36. The number of hydrogen-bond acceptors (Lipinski definition) is 4. The molecule has 0 saturated carbocycles. The molecule has 7 nitrogen and oxygen atoms in total. The van der Waals surface area contributed by atoms with Crippen LogP contribution in [-0.2, 0) is 4.79 Å². The van der Waals surface area contributed by atoms with E-state index in [0.29, 0.717) is 5.56 Å². The third-order valence-corrected chi connectivity index (χ3v) is 3.67. The highest BCUT2D eigenvalue weighted by Crippen LogP contribution is 2.11. The molecule has 1 saturated heterocycles. The third-order valence-electron chi connectivity index (χ3n) is 3.67. The van der Waals surface area contributed by atoms with Crippen molar-refractivity contribution in [3.05, 3.63) is 18.0 Å². The number of amides is 1. The molecule has 2 heterocycles. The van der Waals surface area contributed by atoms with E-state index in [1.54, 1.807) is 0 Å². The summed E-state index contributed by atoms with van der Waals surface area (Å²) in [6.45, 7) is 3.47. The number of carboxylic acids is 1. The molecule has 1 fully saturated rings. The maximum atomic E-state index is 12.1. The van der Waals surface area contributed by atoms with Crippen LogP contribution >= 0.6 is 0 Å². The number of carbonyl (C=O) groups is 2. The average molecular weight is 280 g/mol. The predicted molar refractivity (Wildman–Crippen MR) is 72.6 cm³/mol. The summed E-state index contributed by atoms with van der Waals surface area (Å²) < 4.78 is 1.28. The van der Waals surface area contributed by atoms with Gasteiger partial charge in [0.15, 0.2) is 0 Å². The molecule has 1 aliphatic heterocycles. The van der Waals surface area contributed by atoms with E-state index in [1.165, 1.54) is 24.0 Å². The molecular weight excluding hydrogens is 260 g/mol. The molecule has 0 aromatic carbocycles. The molecule has 1 atom stereocenters. The van der Waals surface area contributed by atoms with Crippen molar-refractivity contribution in [1.82, 2.24) is 20.0 Å². The summed E-state index contributed by atoms with van der Waals surface area (Å²) in [5.74, 6) is -1.17. The summed E-state index contributed by atoms with van der Waals surface area (Å²) in [5, 5.41) is 15.8. The Hall–Kier alpha value is -1.89. The van der Waals surface area contributed by atoms with E-state index in [-0.39, 0.29) is 11.9 Å². The van der Waals surface area contributed by atoms with Gasteiger partial charge in [-0.3, -0.25) is 9.48 Å². The minimum Gasteiger partial charge on any atom is -0.480 e. The molecule has 0 radical (unpaired) electrons. The zero-order valence-corrected chi connectivity index (χ0v) is 11.7. The number of likely N-dealkylation sites (tertiary alicyclic amines) is 1. The van der Waals surface area contributed by atoms with Crippen molar-refractivity contribution in [1.29, 1.82) is 0 Å². The fraction of sp³-hybridized carbons (Fsp3) is 0.615. The Morgan fingerprint density at radius 2 is 2.10 bits per heavy atom. The van der Waals surface area contributed by atoms with Gasteiger partial charge in [-0.05, 0) is 39.9 Å². The second kappa shape index (κ2) is 6.04. The first-order valence-corrected chi connectivity index (χ1v) is 6.73. The topological polar surface area (TPSA) is 87.5 Å². The Morgan fingerprint density at radius 1 is 1.45 bits per heavy atom. The lowest BCUT2D eigenvalue weighted by molar-refractivity contribution is -0.140. The quantitative estimate of drug-likeness (QED) is 0.831. The van der Waals surface area contributed by atoms with Crippen LogP contribution in [0, 0.1) is 0 Å². The van der Waals surface area contributed by atoms with Crippen molar-refractivity contribution in [3.8, 4) is 0 Å². The SMILES string of the molecule is CC(C(=O)O)n1cc(C(=O)NC2CCN(C)CC2)cn1. The Kier molecular flexibility index (Phi) is 4.39. The fourth-order valence-electron chi connectivity index (χ4n) is 2.20. The average Bonchev–Trinajstić information content (AvgIpc) is 2.90. The molecule has 1 aliphatic rings. The van der Waals surface area contributed by atoms with Crippen LogP contribution in [0.5, 0.6) is 0 Å². The molecule has 0 spiro atoms. The molecule has 1 aromatic rings. The summed E-state index contributed by atoms with van der Waals surface area (Å²) >= 11 is 0. The molecule has 0 bridgehead atoms. The lowest BCUT2D eigenvalue weighted by Gasteiger charge is -2.29. The van der Waals surface area contributed by atoms with Crippen molar-refractivity contribution >= 4 is 11.9 Å². The van der Waals surface area contributed by atoms with Crippen LogP contribution in [0.2, 0.25) is 0 Å². The van der Waals surface area contributed by atoms with Gasteiger partial charge in [0.25, 0.3) is 5.91 Å². The van der Waals surface area contributed by atoms with E-state index < -0.39 is 12.0 Å². The Bertz CT molecular complexity index is 492. The molecule has 1 unspecified atom stereocenters. The number of aliphatic carboxylic acids is 1. The zero-order chi connectivity index (χ0) is 14.7. The van der Waals surface area contributed by atoms with Crippen molar-refractivity contribution in [3.63, 3.8) is 0 Å². The van der Waals surface area contributed by atoms with Crippen LogP contribution in [0.3, 0.4) is 0 Å². The first kappa shape index (κ1) is 14.5. The molecular formula is C13H20N4O3. The maximum absolute atomic E-state index is 12.1. The predicted octanol–water partition coefficient (Wildman–Crippen LogP) is 0.353. The Balaban J connectivity index is 1.94. The first-order valence-electron chi connectivity index (χ1n) is 6.73. The van der Waals surface area contributed by atoms with Crippen molar-refractivity contribution in [2.45, 2.75) is 31.8 Å². The summed E-state index contributed by atoms with van der Waals surface area (Å²) in [7, 11) is 2.06. The van der Waals surface area contributed by atoms with E-state index in [2.05, 4.69) is 22.4 Å². The van der Waals surface area contributed by atoms with Crippen LogP contribution in [0.4, 0.5) is 0 Å². The highest BCUT2D eigenvalue weighted by atomic mass is 16.4. The van der Waals surface area contributed by atoms with Gasteiger partial charge in [-0.2, -0.15) is 5.10 Å². The summed E-state index contributed by atoms with van der Waals surface area (Å²) in [6.07, 6.45) is 4.75. The maximum Gasteiger partial charge on any atom is 0.328 e. The largest absolute Gasteiger partial charge is 0.480 e. The molecule has 2 rings (SSSR count). The van der Waals surface area contributed by atoms with Crippen LogP contribution < -0.4 is 5.32 Å². The van der Waals surface area contributed by atoms with E-state index >= 15 is 0 Å². The Labute approximate surface area is 117 Å². The van der Waals surface area contributed by atoms with Gasteiger partial charge in [0.2, 0.25) is 0 Å². The van der Waals surface area contributed by atoms with Gasteiger partial charge in [0, 0.05) is 12.2 Å². The molecule has 1 aromatic heterocycles. The van der Waals surface area contributed by atoms with Crippen molar-refractivity contribution < 1.29 is 14.7 Å². The smallest absolute Gasteiger partial charge is 0.328 e. The highest BCUT2D eigenvalue weighted by molar-refractivity contribution is 5.94. The minimum atomic E-state index is -0.977. The van der Waals surface area contributed by atoms with Crippen LogP contribution in [0.1, 0.15) is 36.2 Å². The number of piperidine rings is 1. The molecule has 110 valence electrons. The van der Waals surface area contributed by atoms with Gasteiger partial charge in [0.05, 0.1) is 11.8 Å². The second-order valence-corrected chi connectivity index (χ2v) is 5.27. The standard InChI is InChI=1S/C13H20N4O3/c1-9(13(19)20)17-8-10(7-14-17)12(18)15-11-3-5-16(2)6-4-11/h7-9,11H,3-6H2,1-2H3,(H,15,18)(H,19,20). The minimum absolute atomic E-state index is 0.180. The normalized spacial score (nSPS) is 18.7. The molecule has 2 N–H and O–H groups in total. The van der Waals surface area contributed by atoms with Crippen molar-refractivity contribution in [2.24, 2.45) is 0 Å². The van der Waals surface area contributed by atoms with Crippen LogP contribution in [-0.4, -0.2) is 57.8 Å². The van der Waals surface area contributed by atoms with Gasteiger partial charge in [-0.25, -0.2) is 4.79 Å². The van der Waals surface area contributed by atoms with E-state index in [9.17, 15) is 9.59 Å². The second-order valence-electron chi connectivity index (χ2n) is 5.27. The summed E-state index contributed by atoms with van der Waals surface area (Å²) in [6, 6.07) is -0.598. The lowest BCUT2D eigenvalue weighted by atomic mass is 10.1. The number of carboxylic acid groups (broad SMARTS) is 1. The molecule has 0 aliphatic carbocycles. The van der Waals surface area contributed by atoms with E-state index in [0.717, 1.165) is 25.9 Å². The van der Waals surface area contributed by atoms with E-state index in [1.807, 2.05) is 0 Å². The van der Waals surface area contributed by atoms with Crippen LogP contribution in [0.15, 0.2) is 12.4 Å². The van der Waals surface area contributed by atoms with Gasteiger partial charge in [-0.15, -0.1) is 0 Å². The fourth-order valence-corrected chi connectivity index (χ4v) is 2.20. The van der Waals surface area contributed by atoms with Gasteiger partial charge in [-0.1, -0.05) is 0 Å². The monoisotopic (exact) mass is 280 g/mol. The number of carbonyl (C=O) groups excluding carboxylic acids is 1. The Morgan fingerprint density at radius 3 is 2.70 bits per heavy atom. The summed E-state index contributed by atoms with van der Waals surface area (Å²) in [5.41, 5.74) is 0.400. The van der Waals surface area contributed by atoms with Crippen LogP contribution in [0.25, 0.3) is 0 Å². The zero-order valence-electron chi connectivity index (χ0n) is 11.7. The van der Waals surface area contributed by atoms with Gasteiger partial charge < -0.3 is 15.3 Å². The number of hydrogen-bond donors (Lipinski definition) is 2. The summed E-state index contributed by atoms with van der Waals surface area (Å²) in [4.78, 5) is 25.2. The first-order chi connectivity index (χ1) is 9.47. The number of aromatic nitrogens is 2. The number of nitrogens with one attached hydrogen (secondary N) is 1. The lowest BCUT2D eigenvalue weighted by Crippen LogP contribution is -2.43. The van der Waals surface area contributed by atoms with E-state index in [4.69, 9.17) is 5.11 Å². The van der Waals surface area contributed by atoms with Gasteiger partial charge in [0.1, 0.15) is 6.04 Å².